The molecular weight excluding hydrogens is 406 g/mol. The van der Waals surface area contributed by atoms with Crippen molar-refractivity contribution in [2.75, 3.05) is 5.73 Å². The summed E-state index contributed by atoms with van der Waals surface area (Å²) in [5.74, 6) is -0.0292. The van der Waals surface area contributed by atoms with Gasteiger partial charge in [-0.15, -0.1) is 0 Å². The lowest BCUT2D eigenvalue weighted by Crippen LogP contribution is -2.25. The van der Waals surface area contributed by atoms with Gasteiger partial charge in [0.25, 0.3) is 0 Å². The molecule has 0 spiro atoms. The van der Waals surface area contributed by atoms with Crippen molar-refractivity contribution in [2.24, 2.45) is 0 Å². The molecule has 3 rings (SSSR count). The smallest absolute Gasteiger partial charge is 0.244 e. The Morgan fingerprint density at radius 2 is 1.96 bits per heavy atom. The molecular formula is C16H16BrN5O2S. The van der Waals surface area contributed by atoms with E-state index in [1.165, 1.54) is 12.3 Å². The molecule has 3 N–H and O–H groups in total. The molecule has 0 fully saturated rings. The highest BCUT2D eigenvalue weighted by Crippen LogP contribution is 2.17. The first kappa shape index (κ1) is 17.6. The molecule has 0 aliphatic rings. The number of nitrogens with zero attached hydrogens (tertiary/aromatic N) is 3. The Bertz CT molecular complexity index is 1000. The summed E-state index contributed by atoms with van der Waals surface area (Å²) >= 11 is 3.38. The quantitative estimate of drug-likeness (QED) is 0.658. The van der Waals surface area contributed by atoms with Crippen molar-refractivity contribution >= 4 is 31.8 Å². The molecule has 2 heterocycles. The van der Waals surface area contributed by atoms with Gasteiger partial charge in [-0.1, -0.05) is 15.9 Å². The zero-order valence-corrected chi connectivity index (χ0v) is 15.8. The maximum absolute atomic E-state index is 12.4. The number of nitrogen functional groups attached to an aromatic ring is 1. The summed E-state index contributed by atoms with van der Waals surface area (Å²) in [6.07, 6.45) is 3.30. The Kier molecular flexibility index (Phi) is 4.89. The summed E-state index contributed by atoms with van der Waals surface area (Å²) in [6, 6.07) is 10.9. The highest BCUT2D eigenvalue weighted by atomic mass is 79.9. The number of hydrogen-bond acceptors (Lipinski definition) is 5. The minimum atomic E-state index is -3.77. The maximum atomic E-state index is 12.4. The largest absolute Gasteiger partial charge is 0.383 e. The third kappa shape index (κ3) is 4.06. The van der Waals surface area contributed by atoms with E-state index in [2.05, 4.69) is 30.7 Å². The van der Waals surface area contributed by atoms with Crippen LogP contribution in [0.2, 0.25) is 0 Å². The Balaban J connectivity index is 1.75. The molecule has 7 nitrogen and oxygen atoms in total. The van der Waals surface area contributed by atoms with Crippen LogP contribution in [0.4, 0.5) is 5.82 Å². The van der Waals surface area contributed by atoms with Crippen LogP contribution < -0.4 is 10.5 Å². The molecule has 130 valence electrons. The molecule has 0 saturated heterocycles. The molecule has 0 aliphatic carbocycles. The van der Waals surface area contributed by atoms with Crippen molar-refractivity contribution in [3.63, 3.8) is 0 Å². The number of benzene rings is 1. The molecule has 0 aliphatic heterocycles. The molecule has 0 atom stereocenters. The van der Waals surface area contributed by atoms with Crippen LogP contribution in [-0.2, 0) is 16.6 Å². The van der Waals surface area contributed by atoms with E-state index in [1.54, 1.807) is 23.9 Å². The van der Waals surface area contributed by atoms with Crippen LogP contribution in [0.25, 0.3) is 5.69 Å². The fourth-order valence-corrected chi connectivity index (χ4v) is 3.64. The Morgan fingerprint density at radius 3 is 2.68 bits per heavy atom. The monoisotopic (exact) mass is 421 g/mol. The van der Waals surface area contributed by atoms with E-state index in [4.69, 9.17) is 5.73 Å². The van der Waals surface area contributed by atoms with Crippen LogP contribution >= 0.6 is 15.9 Å². The highest BCUT2D eigenvalue weighted by molar-refractivity contribution is 9.10. The van der Waals surface area contributed by atoms with Gasteiger partial charge in [0.1, 0.15) is 10.7 Å². The van der Waals surface area contributed by atoms with Crippen molar-refractivity contribution in [2.45, 2.75) is 18.4 Å². The summed E-state index contributed by atoms with van der Waals surface area (Å²) in [4.78, 5) is 3.86. The number of aryl methyl sites for hydroxylation is 1. The van der Waals surface area contributed by atoms with Gasteiger partial charge in [0.05, 0.1) is 17.9 Å². The SMILES string of the molecule is Cc1cnc(N)c(S(=O)(=O)NCc2ccn(-c3ccc(Br)cc3)n2)c1. The normalized spacial score (nSPS) is 11.6. The van der Waals surface area contributed by atoms with Gasteiger partial charge in [0, 0.05) is 16.9 Å². The lowest BCUT2D eigenvalue weighted by molar-refractivity contribution is 0.580. The standard InChI is InChI=1S/C16H16BrN5O2S/c1-11-8-15(16(18)19-9-11)25(23,24)20-10-13-6-7-22(21-13)14-4-2-12(17)3-5-14/h2-9,20H,10H2,1H3,(H2,18,19). The summed E-state index contributed by atoms with van der Waals surface area (Å²) < 4.78 is 30.0. The third-order valence-electron chi connectivity index (χ3n) is 3.49. The minimum absolute atomic E-state index is 0.0279. The summed E-state index contributed by atoms with van der Waals surface area (Å²) in [7, 11) is -3.77. The zero-order chi connectivity index (χ0) is 18.0. The molecule has 3 aromatic rings. The van der Waals surface area contributed by atoms with Gasteiger partial charge in [-0.3, -0.25) is 0 Å². The third-order valence-corrected chi connectivity index (χ3v) is 5.45. The van der Waals surface area contributed by atoms with Crippen LogP contribution in [0.5, 0.6) is 0 Å². The minimum Gasteiger partial charge on any atom is -0.383 e. The highest BCUT2D eigenvalue weighted by Gasteiger charge is 2.19. The van der Waals surface area contributed by atoms with E-state index >= 15 is 0 Å². The number of anilines is 1. The van der Waals surface area contributed by atoms with Gasteiger partial charge < -0.3 is 5.73 Å². The van der Waals surface area contributed by atoms with Gasteiger partial charge in [-0.2, -0.15) is 5.10 Å². The van der Waals surface area contributed by atoms with Gasteiger partial charge >= 0.3 is 0 Å². The predicted octanol–water partition coefficient (Wildman–Crippen LogP) is 2.40. The number of rotatable bonds is 5. The second-order valence-electron chi connectivity index (χ2n) is 5.45. The molecule has 1 aromatic carbocycles. The van der Waals surface area contributed by atoms with Crippen molar-refractivity contribution in [3.8, 4) is 5.69 Å². The van der Waals surface area contributed by atoms with Gasteiger partial charge in [-0.05, 0) is 48.9 Å². The zero-order valence-electron chi connectivity index (χ0n) is 13.3. The molecule has 0 radical (unpaired) electrons. The fraction of sp³-hybridized carbons (Fsp3) is 0.125. The number of hydrogen-bond donors (Lipinski definition) is 2. The number of sulfonamides is 1. The molecule has 25 heavy (non-hydrogen) atoms. The molecule has 2 aromatic heterocycles. The Labute approximate surface area is 154 Å². The van der Waals surface area contributed by atoms with Gasteiger partial charge in [0.2, 0.25) is 10.0 Å². The number of pyridine rings is 1. The van der Waals surface area contributed by atoms with Crippen LogP contribution in [0, 0.1) is 6.92 Å². The number of halogens is 1. The summed E-state index contributed by atoms with van der Waals surface area (Å²) in [5.41, 5.74) is 7.87. The lowest BCUT2D eigenvalue weighted by atomic mass is 10.3. The molecule has 0 unspecified atom stereocenters. The molecule has 0 amide bonds. The second kappa shape index (κ2) is 6.95. The summed E-state index contributed by atoms with van der Waals surface area (Å²) in [6.45, 7) is 1.81. The average molecular weight is 422 g/mol. The predicted molar refractivity (Wildman–Crippen MR) is 98.7 cm³/mol. The van der Waals surface area contributed by atoms with Crippen LogP contribution in [0.1, 0.15) is 11.3 Å². The number of nitrogens with two attached hydrogens (primary N) is 1. The first-order valence-electron chi connectivity index (χ1n) is 7.37. The Hall–Kier alpha value is -2.23. The van der Waals surface area contributed by atoms with Crippen LogP contribution in [0.3, 0.4) is 0 Å². The van der Waals surface area contributed by atoms with E-state index in [0.29, 0.717) is 11.3 Å². The molecule has 0 bridgehead atoms. The lowest BCUT2D eigenvalue weighted by Gasteiger charge is -2.08. The second-order valence-corrected chi connectivity index (χ2v) is 8.10. The van der Waals surface area contributed by atoms with E-state index in [9.17, 15) is 8.42 Å². The Morgan fingerprint density at radius 1 is 1.24 bits per heavy atom. The van der Waals surface area contributed by atoms with Gasteiger partial charge in [-0.25, -0.2) is 22.8 Å². The molecule has 0 saturated carbocycles. The van der Waals surface area contributed by atoms with Crippen molar-refractivity contribution in [1.82, 2.24) is 19.5 Å². The van der Waals surface area contributed by atoms with Crippen molar-refractivity contribution in [3.05, 3.63) is 64.5 Å². The first-order chi connectivity index (χ1) is 11.8. The topological polar surface area (TPSA) is 103 Å². The van der Waals surface area contributed by atoms with Crippen molar-refractivity contribution in [1.29, 1.82) is 0 Å². The number of nitrogens with one attached hydrogen (secondary N) is 1. The summed E-state index contributed by atoms with van der Waals surface area (Å²) in [5, 5.41) is 4.37. The van der Waals surface area contributed by atoms with E-state index in [0.717, 1.165) is 10.2 Å². The number of aromatic nitrogens is 3. The molecule has 9 heteroatoms. The van der Waals surface area contributed by atoms with Crippen LogP contribution in [0.15, 0.2) is 58.2 Å². The van der Waals surface area contributed by atoms with Gasteiger partial charge in [0.15, 0.2) is 0 Å². The van der Waals surface area contributed by atoms with E-state index < -0.39 is 10.0 Å². The average Bonchev–Trinajstić information content (AvgIpc) is 3.05. The van der Waals surface area contributed by atoms with E-state index in [-0.39, 0.29) is 17.3 Å². The fourth-order valence-electron chi connectivity index (χ4n) is 2.21. The maximum Gasteiger partial charge on any atom is 0.244 e. The first-order valence-corrected chi connectivity index (χ1v) is 9.65. The van der Waals surface area contributed by atoms with E-state index in [1.807, 2.05) is 24.3 Å². The van der Waals surface area contributed by atoms with Crippen molar-refractivity contribution < 1.29 is 8.42 Å². The van der Waals surface area contributed by atoms with Crippen LogP contribution in [-0.4, -0.2) is 23.2 Å².